The Morgan fingerprint density at radius 2 is 1.83 bits per heavy atom. The Bertz CT molecular complexity index is 1210. The lowest BCUT2D eigenvalue weighted by molar-refractivity contribution is 0.0998. The Hall–Kier alpha value is -3.33. The first-order valence-corrected chi connectivity index (χ1v) is 9.66. The average molecular weight is 411 g/mol. The molecular formula is C20H21N5O3S. The van der Waals surface area contributed by atoms with E-state index in [-0.39, 0.29) is 11.5 Å². The molecule has 0 spiro atoms. The summed E-state index contributed by atoms with van der Waals surface area (Å²) in [5, 5.41) is 7.46. The Morgan fingerprint density at radius 1 is 1.14 bits per heavy atom. The lowest BCUT2D eigenvalue weighted by atomic mass is 10.1. The van der Waals surface area contributed by atoms with Gasteiger partial charge in [0.1, 0.15) is 9.88 Å². The number of aromatic nitrogens is 3. The number of nitrogens with one attached hydrogen (secondary N) is 1. The van der Waals surface area contributed by atoms with Crippen molar-refractivity contribution in [2.24, 2.45) is 12.8 Å². The zero-order chi connectivity index (χ0) is 21.5. The van der Waals surface area contributed by atoms with E-state index in [4.69, 9.17) is 5.73 Å². The van der Waals surface area contributed by atoms with Gasteiger partial charge in [0, 0.05) is 18.3 Å². The van der Waals surface area contributed by atoms with E-state index in [1.807, 2.05) is 13.8 Å². The highest BCUT2D eigenvalue weighted by molar-refractivity contribution is 7.17. The summed E-state index contributed by atoms with van der Waals surface area (Å²) in [4.78, 5) is 41.6. The van der Waals surface area contributed by atoms with Crippen LogP contribution in [0, 0.1) is 27.7 Å². The summed E-state index contributed by atoms with van der Waals surface area (Å²) >= 11 is 1.16. The molecule has 9 heteroatoms. The van der Waals surface area contributed by atoms with Crippen LogP contribution in [0.3, 0.4) is 0 Å². The van der Waals surface area contributed by atoms with Gasteiger partial charge in [-0.1, -0.05) is 0 Å². The van der Waals surface area contributed by atoms with E-state index >= 15 is 0 Å². The molecule has 29 heavy (non-hydrogen) atoms. The molecule has 1 aromatic carbocycles. The van der Waals surface area contributed by atoms with E-state index in [0.29, 0.717) is 38.0 Å². The first-order valence-electron chi connectivity index (χ1n) is 8.84. The van der Waals surface area contributed by atoms with E-state index in [2.05, 4.69) is 15.4 Å². The molecule has 0 aliphatic rings. The number of carbonyl (C=O) groups excluding carboxylic acids is 2. The van der Waals surface area contributed by atoms with Crippen molar-refractivity contribution in [1.29, 1.82) is 0 Å². The monoisotopic (exact) mass is 411 g/mol. The minimum atomic E-state index is -0.520. The van der Waals surface area contributed by atoms with Gasteiger partial charge in [-0.3, -0.25) is 14.4 Å². The van der Waals surface area contributed by atoms with Gasteiger partial charge in [-0.2, -0.15) is 5.10 Å². The van der Waals surface area contributed by atoms with Crippen molar-refractivity contribution in [3.05, 3.63) is 61.5 Å². The maximum Gasteiger partial charge on any atom is 0.277 e. The molecular weight excluding hydrogens is 390 g/mol. The van der Waals surface area contributed by atoms with Gasteiger partial charge < -0.3 is 11.1 Å². The first kappa shape index (κ1) is 20.4. The molecule has 0 bridgehead atoms. The third kappa shape index (κ3) is 3.81. The van der Waals surface area contributed by atoms with Gasteiger partial charge in [-0.15, -0.1) is 11.3 Å². The van der Waals surface area contributed by atoms with Gasteiger partial charge in [0.15, 0.2) is 0 Å². The molecule has 3 N–H and O–H groups in total. The summed E-state index contributed by atoms with van der Waals surface area (Å²) < 4.78 is 1.28. The molecule has 0 saturated heterocycles. The third-order valence-electron chi connectivity index (χ3n) is 4.69. The fourth-order valence-electron chi connectivity index (χ4n) is 3.02. The average Bonchev–Trinajstić information content (AvgIpc) is 3.01. The highest BCUT2D eigenvalue weighted by Crippen LogP contribution is 2.29. The smallest absolute Gasteiger partial charge is 0.277 e. The fourth-order valence-corrected chi connectivity index (χ4v) is 4.08. The molecule has 3 aromatic rings. The van der Waals surface area contributed by atoms with Crippen LogP contribution in [0.5, 0.6) is 0 Å². The van der Waals surface area contributed by atoms with E-state index < -0.39 is 5.91 Å². The number of primary amides is 1. The number of benzene rings is 1. The SMILES string of the molecule is Cc1cc(NC(=O)c2sc(-c3c(C)c(C)nn(C)c3=O)nc2C)ccc1C(N)=O. The Morgan fingerprint density at radius 3 is 2.45 bits per heavy atom. The van der Waals surface area contributed by atoms with Crippen LogP contribution in [0.1, 0.15) is 42.5 Å². The van der Waals surface area contributed by atoms with E-state index in [1.165, 1.54) is 4.68 Å². The van der Waals surface area contributed by atoms with Gasteiger partial charge in [0.2, 0.25) is 5.91 Å². The standard InChI is InChI=1S/C20H21N5O3S/c1-9-8-13(6-7-14(9)17(21)26)23-18(27)16-12(4)22-19(29-16)15-10(2)11(3)24-25(5)20(15)28/h6-8H,1-5H3,(H2,21,26)(H,23,27). The lowest BCUT2D eigenvalue weighted by Gasteiger charge is -2.08. The lowest BCUT2D eigenvalue weighted by Crippen LogP contribution is -2.23. The second-order valence-electron chi connectivity index (χ2n) is 6.80. The van der Waals surface area contributed by atoms with Crippen LogP contribution in [0.2, 0.25) is 0 Å². The van der Waals surface area contributed by atoms with Crippen LogP contribution in [-0.2, 0) is 7.05 Å². The van der Waals surface area contributed by atoms with Gasteiger partial charge in [-0.05, 0) is 57.0 Å². The zero-order valence-corrected chi connectivity index (χ0v) is 17.6. The van der Waals surface area contributed by atoms with Crippen molar-refractivity contribution in [2.75, 3.05) is 5.32 Å². The predicted octanol–water partition coefficient (Wildman–Crippen LogP) is 2.49. The minimum absolute atomic E-state index is 0.258. The Kier molecular flexibility index (Phi) is 5.34. The second-order valence-corrected chi connectivity index (χ2v) is 7.79. The number of nitrogens with two attached hydrogens (primary N) is 1. The van der Waals surface area contributed by atoms with Crippen molar-refractivity contribution in [1.82, 2.24) is 14.8 Å². The van der Waals surface area contributed by atoms with Crippen molar-refractivity contribution in [2.45, 2.75) is 27.7 Å². The number of nitrogens with zero attached hydrogens (tertiary/aromatic N) is 3. The van der Waals surface area contributed by atoms with Gasteiger partial charge >= 0.3 is 0 Å². The van der Waals surface area contributed by atoms with Crippen molar-refractivity contribution < 1.29 is 9.59 Å². The number of thiazole rings is 1. The molecule has 0 radical (unpaired) electrons. The van der Waals surface area contributed by atoms with Crippen molar-refractivity contribution >= 4 is 28.8 Å². The van der Waals surface area contributed by atoms with E-state index in [9.17, 15) is 14.4 Å². The first-order chi connectivity index (χ1) is 13.6. The highest BCUT2D eigenvalue weighted by Gasteiger charge is 2.21. The van der Waals surface area contributed by atoms with Crippen LogP contribution in [0.15, 0.2) is 23.0 Å². The van der Waals surface area contributed by atoms with E-state index in [0.717, 1.165) is 22.6 Å². The molecule has 8 nitrogen and oxygen atoms in total. The Balaban J connectivity index is 1.96. The fraction of sp³-hybridized carbons (Fsp3) is 0.250. The number of hydrogen-bond donors (Lipinski definition) is 2. The molecule has 2 amide bonds. The number of anilines is 1. The molecule has 2 aromatic heterocycles. The molecule has 0 saturated carbocycles. The molecule has 2 heterocycles. The molecule has 0 unspecified atom stereocenters. The topological polar surface area (TPSA) is 120 Å². The second kappa shape index (κ2) is 7.59. The van der Waals surface area contributed by atoms with Crippen LogP contribution < -0.4 is 16.6 Å². The summed E-state index contributed by atoms with van der Waals surface area (Å²) in [5.41, 5.74) is 9.12. The number of amides is 2. The largest absolute Gasteiger partial charge is 0.366 e. The maximum atomic E-state index is 12.8. The minimum Gasteiger partial charge on any atom is -0.366 e. The Labute approximate surface area is 171 Å². The van der Waals surface area contributed by atoms with Crippen LogP contribution >= 0.6 is 11.3 Å². The number of hydrogen-bond acceptors (Lipinski definition) is 6. The zero-order valence-electron chi connectivity index (χ0n) is 16.8. The number of rotatable bonds is 4. The quantitative estimate of drug-likeness (QED) is 0.683. The van der Waals surface area contributed by atoms with Gasteiger partial charge in [-0.25, -0.2) is 9.67 Å². The molecule has 0 aliphatic heterocycles. The summed E-state index contributed by atoms with van der Waals surface area (Å²) in [5.74, 6) is -0.856. The number of carbonyl (C=O) groups is 2. The van der Waals surface area contributed by atoms with Gasteiger partial charge in [0.05, 0.1) is 17.0 Å². The maximum absolute atomic E-state index is 12.8. The van der Waals surface area contributed by atoms with Crippen molar-refractivity contribution in [3.8, 4) is 10.6 Å². The summed E-state index contributed by atoms with van der Waals surface area (Å²) in [6, 6.07) is 4.88. The van der Waals surface area contributed by atoms with Crippen molar-refractivity contribution in [3.63, 3.8) is 0 Å². The van der Waals surface area contributed by atoms with Crippen LogP contribution in [0.4, 0.5) is 5.69 Å². The molecule has 0 aliphatic carbocycles. The molecule has 3 rings (SSSR count). The summed E-state index contributed by atoms with van der Waals surface area (Å²) in [7, 11) is 1.59. The van der Waals surface area contributed by atoms with Crippen LogP contribution in [0.25, 0.3) is 10.6 Å². The number of aryl methyl sites for hydroxylation is 4. The summed E-state index contributed by atoms with van der Waals surface area (Å²) in [6.45, 7) is 7.11. The van der Waals surface area contributed by atoms with Crippen LogP contribution in [-0.4, -0.2) is 26.6 Å². The summed E-state index contributed by atoms with van der Waals surface area (Å²) in [6.07, 6.45) is 0. The van der Waals surface area contributed by atoms with Gasteiger partial charge in [0.25, 0.3) is 11.5 Å². The molecule has 0 atom stereocenters. The molecule has 150 valence electrons. The third-order valence-corrected chi connectivity index (χ3v) is 5.87. The van der Waals surface area contributed by atoms with E-state index in [1.54, 1.807) is 39.1 Å². The highest BCUT2D eigenvalue weighted by atomic mass is 32.1. The predicted molar refractivity (Wildman–Crippen MR) is 112 cm³/mol. The normalized spacial score (nSPS) is 10.8. The molecule has 0 fully saturated rings.